The van der Waals surface area contributed by atoms with Crippen LogP contribution in [0.3, 0.4) is 0 Å². The fourth-order valence-electron chi connectivity index (χ4n) is 2.14. The minimum atomic E-state index is -0.701. The predicted molar refractivity (Wildman–Crippen MR) is 84.5 cm³/mol. The number of hydrogen-bond donors (Lipinski definition) is 2. The van der Waals surface area contributed by atoms with Gasteiger partial charge in [0.2, 0.25) is 0 Å². The normalized spacial score (nSPS) is 11.7. The molecule has 0 fully saturated rings. The van der Waals surface area contributed by atoms with Crippen LogP contribution in [-0.4, -0.2) is 12.6 Å². The summed E-state index contributed by atoms with van der Waals surface area (Å²) in [6, 6.07) is 9.13. The molecule has 0 heterocycles. The van der Waals surface area contributed by atoms with Crippen molar-refractivity contribution < 1.29 is 18.3 Å². The number of nitrogens with one attached hydrogen (secondary N) is 2. The first kappa shape index (κ1) is 16.7. The lowest BCUT2D eigenvalue weighted by atomic mass is 10.1. The van der Waals surface area contributed by atoms with Crippen molar-refractivity contribution in [2.75, 3.05) is 11.9 Å². The molecule has 0 spiro atoms. The van der Waals surface area contributed by atoms with Gasteiger partial charge in [0, 0.05) is 11.6 Å². The molecule has 0 aliphatic carbocycles. The van der Waals surface area contributed by atoms with Crippen molar-refractivity contribution >= 4 is 11.7 Å². The Balaban J connectivity index is 2.04. The molecule has 2 aromatic rings. The third kappa shape index (κ3) is 4.42. The Morgan fingerprint density at radius 3 is 2.65 bits per heavy atom. The van der Waals surface area contributed by atoms with Crippen LogP contribution in [0.5, 0.6) is 5.75 Å². The third-order valence-corrected chi connectivity index (χ3v) is 3.21. The van der Waals surface area contributed by atoms with Crippen molar-refractivity contribution in [1.29, 1.82) is 0 Å². The monoisotopic (exact) mass is 320 g/mol. The summed E-state index contributed by atoms with van der Waals surface area (Å²) in [5.74, 6) is -0.813. The Hall–Kier alpha value is -2.63. The molecule has 122 valence electrons. The van der Waals surface area contributed by atoms with Gasteiger partial charge in [0.15, 0.2) is 0 Å². The van der Waals surface area contributed by atoms with E-state index in [1.807, 2.05) is 6.92 Å². The summed E-state index contributed by atoms with van der Waals surface area (Å²) >= 11 is 0. The molecule has 2 amide bonds. The molecule has 0 saturated heterocycles. The summed E-state index contributed by atoms with van der Waals surface area (Å²) in [6.45, 7) is 3.93. The van der Waals surface area contributed by atoms with Crippen LogP contribution in [0.25, 0.3) is 0 Å². The van der Waals surface area contributed by atoms with Crippen LogP contribution in [0.4, 0.5) is 19.3 Å². The predicted octanol–water partition coefficient (Wildman–Crippen LogP) is 4.25. The zero-order valence-corrected chi connectivity index (χ0v) is 12.9. The van der Waals surface area contributed by atoms with Crippen molar-refractivity contribution in [3.63, 3.8) is 0 Å². The molecular formula is C17H18F2N2O2. The Bertz CT molecular complexity index is 692. The maximum absolute atomic E-state index is 13.7. The minimum Gasteiger partial charge on any atom is -0.492 e. The van der Waals surface area contributed by atoms with Gasteiger partial charge in [-0.05, 0) is 32.0 Å². The lowest BCUT2D eigenvalue weighted by molar-refractivity contribution is 0.249. The zero-order valence-electron chi connectivity index (χ0n) is 12.9. The number of benzene rings is 2. The van der Waals surface area contributed by atoms with Gasteiger partial charge in [-0.1, -0.05) is 18.2 Å². The van der Waals surface area contributed by atoms with E-state index in [2.05, 4.69) is 10.6 Å². The standard InChI is InChI=1S/C17H18F2N2O2/c1-3-23-16-7-5-4-6-15(16)21-17(22)20-11(2)13-9-8-12(18)10-14(13)19/h4-11H,3H2,1-2H3,(H2,20,21,22)/t11-/m1/s1. The number of ether oxygens (including phenoxy) is 1. The van der Waals surface area contributed by atoms with Gasteiger partial charge < -0.3 is 15.4 Å². The Kier molecular flexibility index (Phi) is 5.51. The zero-order chi connectivity index (χ0) is 16.8. The van der Waals surface area contributed by atoms with Crippen molar-refractivity contribution in [3.8, 4) is 5.75 Å². The van der Waals surface area contributed by atoms with E-state index >= 15 is 0 Å². The molecule has 0 aromatic heterocycles. The summed E-state index contributed by atoms with van der Waals surface area (Å²) in [5.41, 5.74) is 0.721. The van der Waals surface area contributed by atoms with E-state index in [1.54, 1.807) is 31.2 Å². The molecule has 0 unspecified atom stereocenters. The van der Waals surface area contributed by atoms with Crippen LogP contribution in [0, 0.1) is 11.6 Å². The second-order valence-corrected chi connectivity index (χ2v) is 4.92. The van der Waals surface area contributed by atoms with Gasteiger partial charge in [-0.15, -0.1) is 0 Å². The molecule has 2 aromatic carbocycles. The number of amides is 2. The molecule has 0 aliphatic heterocycles. The number of hydrogen-bond acceptors (Lipinski definition) is 2. The van der Waals surface area contributed by atoms with Crippen molar-refractivity contribution in [2.24, 2.45) is 0 Å². The van der Waals surface area contributed by atoms with E-state index < -0.39 is 23.7 Å². The fraction of sp³-hybridized carbons (Fsp3) is 0.235. The number of carbonyl (C=O) groups excluding carboxylic acids is 1. The summed E-state index contributed by atoms with van der Waals surface area (Å²) in [6.07, 6.45) is 0. The fourth-order valence-corrected chi connectivity index (χ4v) is 2.14. The maximum Gasteiger partial charge on any atom is 0.319 e. The largest absolute Gasteiger partial charge is 0.492 e. The smallest absolute Gasteiger partial charge is 0.319 e. The van der Waals surface area contributed by atoms with Crippen LogP contribution in [-0.2, 0) is 0 Å². The summed E-state index contributed by atoms with van der Waals surface area (Å²) < 4.78 is 32.1. The van der Waals surface area contributed by atoms with Crippen molar-refractivity contribution in [2.45, 2.75) is 19.9 Å². The molecule has 0 saturated carbocycles. The number of rotatable bonds is 5. The highest BCUT2D eigenvalue weighted by molar-refractivity contribution is 5.91. The first-order chi connectivity index (χ1) is 11.0. The van der Waals surface area contributed by atoms with Crippen molar-refractivity contribution in [1.82, 2.24) is 5.32 Å². The number of para-hydroxylation sites is 2. The van der Waals surface area contributed by atoms with Crippen molar-refractivity contribution in [3.05, 3.63) is 59.7 Å². The number of carbonyl (C=O) groups is 1. The molecule has 0 bridgehead atoms. The highest BCUT2D eigenvalue weighted by Crippen LogP contribution is 2.24. The maximum atomic E-state index is 13.7. The lowest BCUT2D eigenvalue weighted by Crippen LogP contribution is -2.31. The van der Waals surface area contributed by atoms with E-state index in [4.69, 9.17) is 4.74 Å². The van der Waals surface area contributed by atoms with Gasteiger partial charge in [0.05, 0.1) is 18.3 Å². The molecule has 2 rings (SSSR count). The molecular weight excluding hydrogens is 302 g/mol. The minimum absolute atomic E-state index is 0.208. The molecule has 0 aliphatic rings. The Labute approximate surface area is 133 Å². The van der Waals surface area contributed by atoms with E-state index in [9.17, 15) is 13.6 Å². The first-order valence-corrected chi connectivity index (χ1v) is 7.25. The molecule has 4 nitrogen and oxygen atoms in total. The Morgan fingerprint density at radius 2 is 1.96 bits per heavy atom. The molecule has 1 atom stereocenters. The second-order valence-electron chi connectivity index (χ2n) is 4.92. The highest BCUT2D eigenvalue weighted by Gasteiger charge is 2.15. The molecule has 0 radical (unpaired) electrons. The average molecular weight is 320 g/mol. The number of urea groups is 1. The highest BCUT2D eigenvalue weighted by atomic mass is 19.1. The van der Waals surface area contributed by atoms with Crippen LogP contribution in [0.1, 0.15) is 25.5 Å². The topological polar surface area (TPSA) is 50.4 Å². The van der Waals surface area contributed by atoms with Crippen LogP contribution >= 0.6 is 0 Å². The van der Waals surface area contributed by atoms with Gasteiger partial charge in [0.1, 0.15) is 17.4 Å². The van der Waals surface area contributed by atoms with Crippen LogP contribution in [0.2, 0.25) is 0 Å². The lowest BCUT2D eigenvalue weighted by Gasteiger charge is -2.17. The quantitative estimate of drug-likeness (QED) is 0.865. The Morgan fingerprint density at radius 1 is 1.22 bits per heavy atom. The van der Waals surface area contributed by atoms with Crippen LogP contribution in [0.15, 0.2) is 42.5 Å². The molecule has 23 heavy (non-hydrogen) atoms. The third-order valence-electron chi connectivity index (χ3n) is 3.21. The van der Waals surface area contributed by atoms with E-state index in [1.165, 1.54) is 6.07 Å². The second kappa shape index (κ2) is 7.58. The first-order valence-electron chi connectivity index (χ1n) is 7.25. The summed E-state index contributed by atoms with van der Waals surface area (Å²) in [5, 5.41) is 5.26. The molecule has 2 N–H and O–H groups in total. The van der Waals surface area contributed by atoms with Gasteiger partial charge in [-0.25, -0.2) is 13.6 Å². The van der Waals surface area contributed by atoms with E-state index in [0.717, 1.165) is 12.1 Å². The number of anilines is 1. The summed E-state index contributed by atoms with van der Waals surface area (Å²) in [7, 11) is 0. The summed E-state index contributed by atoms with van der Waals surface area (Å²) in [4.78, 5) is 12.1. The molecule has 6 heteroatoms. The van der Waals surface area contributed by atoms with Gasteiger partial charge in [-0.3, -0.25) is 0 Å². The van der Waals surface area contributed by atoms with Crippen LogP contribution < -0.4 is 15.4 Å². The SMILES string of the molecule is CCOc1ccccc1NC(=O)N[C@H](C)c1ccc(F)cc1F. The van der Waals surface area contributed by atoms with Gasteiger partial charge in [0.25, 0.3) is 0 Å². The number of halogens is 2. The van der Waals surface area contributed by atoms with E-state index in [-0.39, 0.29) is 5.56 Å². The van der Waals surface area contributed by atoms with Gasteiger partial charge in [-0.2, -0.15) is 0 Å². The average Bonchev–Trinajstić information content (AvgIpc) is 2.49. The van der Waals surface area contributed by atoms with E-state index in [0.29, 0.717) is 18.0 Å². The van der Waals surface area contributed by atoms with Gasteiger partial charge >= 0.3 is 6.03 Å².